The average Bonchev–Trinajstić information content (AvgIpc) is 3.07. The van der Waals surface area contributed by atoms with Crippen molar-refractivity contribution in [2.75, 3.05) is 19.8 Å². The topological polar surface area (TPSA) is 67.9 Å². The summed E-state index contributed by atoms with van der Waals surface area (Å²) in [4.78, 5) is 26.5. The Morgan fingerprint density at radius 1 is 1.04 bits per heavy atom. The Hall–Kier alpha value is -3.02. The predicted octanol–water partition coefficient (Wildman–Crippen LogP) is 2.12. The molecule has 0 spiro atoms. The van der Waals surface area contributed by atoms with E-state index in [1.807, 2.05) is 48.5 Å². The number of nitrogens with one attached hydrogen (secondary N) is 1. The van der Waals surface area contributed by atoms with Crippen molar-refractivity contribution in [1.29, 1.82) is 0 Å². The van der Waals surface area contributed by atoms with E-state index in [4.69, 9.17) is 9.47 Å². The normalized spacial score (nSPS) is 18.4. The number of likely N-dealkylation sites (tertiary alicyclic amines) is 1. The molecule has 1 unspecified atom stereocenters. The summed E-state index contributed by atoms with van der Waals surface area (Å²) in [5, 5.41) is 2.94. The predicted molar refractivity (Wildman–Crippen MR) is 99.2 cm³/mol. The number of rotatable bonds is 5. The van der Waals surface area contributed by atoms with Crippen LogP contribution >= 0.6 is 0 Å². The molecule has 2 aliphatic heterocycles. The third-order valence-electron chi connectivity index (χ3n) is 4.87. The highest BCUT2D eigenvalue weighted by atomic mass is 16.6. The molecule has 2 aliphatic rings. The minimum absolute atomic E-state index is 0.0262. The van der Waals surface area contributed by atoms with Gasteiger partial charge in [0.2, 0.25) is 11.8 Å². The molecule has 4 rings (SSSR count). The maximum Gasteiger partial charge on any atom is 0.225 e. The monoisotopic (exact) mass is 366 g/mol. The first-order chi connectivity index (χ1) is 13.2. The van der Waals surface area contributed by atoms with Gasteiger partial charge in [-0.15, -0.1) is 0 Å². The second-order valence-electron chi connectivity index (χ2n) is 6.86. The highest BCUT2D eigenvalue weighted by Crippen LogP contribution is 2.30. The number of benzene rings is 2. The SMILES string of the molecule is O=C(NCc1ccc2c(c1)OCCO2)C1CC(=O)N(Cc2ccccc2)C1. The summed E-state index contributed by atoms with van der Waals surface area (Å²) in [6.45, 7) is 2.49. The number of carbonyl (C=O) groups excluding carboxylic acids is 2. The number of hydrogen-bond acceptors (Lipinski definition) is 4. The lowest BCUT2D eigenvalue weighted by molar-refractivity contribution is -0.129. The molecule has 1 atom stereocenters. The van der Waals surface area contributed by atoms with Gasteiger partial charge in [0.1, 0.15) is 13.2 Å². The van der Waals surface area contributed by atoms with Gasteiger partial charge in [-0.25, -0.2) is 0 Å². The van der Waals surface area contributed by atoms with E-state index in [-0.39, 0.29) is 24.2 Å². The van der Waals surface area contributed by atoms with Crippen LogP contribution in [0.2, 0.25) is 0 Å². The Labute approximate surface area is 158 Å². The molecule has 0 radical (unpaired) electrons. The van der Waals surface area contributed by atoms with Crippen LogP contribution in [0.5, 0.6) is 11.5 Å². The van der Waals surface area contributed by atoms with Crippen LogP contribution in [0.15, 0.2) is 48.5 Å². The number of ether oxygens (including phenoxy) is 2. The Kier molecular flexibility index (Phi) is 4.96. The van der Waals surface area contributed by atoms with Crippen molar-refractivity contribution in [2.45, 2.75) is 19.5 Å². The second kappa shape index (κ2) is 7.70. The Morgan fingerprint density at radius 3 is 2.63 bits per heavy atom. The minimum Gasteiger partial charge on any atom is -0.486 e. The van der Waals surface area contributed by atoms with Gasteiger partial charge < -0.3 is 19.7 Å². The van der Waals surface area contributed by atoms with E-state index in [2.05, 4.69) is 5.32 Å². The smallest absolute Gasteiger partial charge is 0.225 e. The zero-order chi connectivity index (χ0) is 18.6. The van der Waals surface area contributed by atoms with E-state index in [0.717, 1.165) is 16.9 Å². The first-order valence-corrected chi connectivity index (χ1v) is 9.17. The van der Waals surface area contributed by atoms with Gasteiger partial charge in [0.15, 0.2) is 11.5 Å². The van der Waals surface area contributed by atoms with Crippen molar-refractivity contribution in [3.63, 3.8) is 0 Å². The van der Waals surface area contributed by atoms with Gasteiger partial charge in [-0.1, -0.05) is 36.4 Å². The lowest BCUT2D eigenvalue weighted by Crippen LogP contribution is -2.32. The molecule has 0 bridgehead atoms. The molecular weight excluding hydrogens is 344 g/mol. The molecular formula is C21H22N2O4. The van der Waals surface area contributed by atoms with Crippen LogP contribution in [-0.2, 0) is 22.7 Å². The van der Waals surface area contributed by atoms with E-state index in [0.29, 0.717) is 38.6 Å². The van der Waals surface area contributed by atoms with Gasteiger partial charge in [0, 0.05) is 26.1 Å². The Morgan fingerprint density at radius 2 is 1.81 bits per heavy atom. The summed E-state index contributed by atoms with van der Waals surface area (Å²) >= 11 is 0. The van der Waals surface area contributed by atoms with Crippen molar-refractivity contribution < 1.29 is 19.1 Å². The molecule has 1 fully saturated rings. The number of hydrogen-bond donors (Lipinski definition) is 1. The van der Waals surface area contributed by atoms with Gasteiger partial charge in [-0.05, 0) is 23.3 Å². The maximum absolute atomic E-state index is 12.5. The van der Waals surface area contributed by atoms with E-state index >= 15 is 0 Å². The van der Waals surface area contributed by atoms with Gasteiger partial charge in [0.25, 0.3) is 0 Å². The fourth-order valence-electron chi connectivity index (χ4n) is 3.44. The Balaban J connectivity index is 1.32. The van der Waals surface area contributed by atoms with Crippen molar-refractivity contribution in [3.8, 4) is 11.5 Å². The fourth-order valence-corrected chi connectivity index (χ4v) is 3.44. The van der Waals surface area contributed by atoms with E-state index < -0.39 is 0 Å². The maximum atomic E-state index is 12.5. The molecule has 0 saturated carbocycles. The zero-order valence-electron chi connectivity index (χ0n) is 15.0. The van der Waals surface area contributed by atoms with Crippen LogP contribution in [0.1, 0.15) is 17.5 Å². The molecule has 6 nitrogen and oxygen atoms in total. The van der Waals surface area contributed by atoms with E-state index in [1.54, 1.807) is 4.90 Å². The quantitative estimate of drug-likeness (QED) is 0.880. The van der Waals surface area contributed by atoms with Crippen LogP contribution < -0.4 is 14.8 Å². The third kappa shape index (κ3) is 4.05. The summed E-state index contributed by atoms with van der Waals surface area (Å²) in [6.07, 6.45) is 0.264. The van der Waals surface area contributed by atoms with Crippen molar-refractivity contribution in [1.82, 2.24) is 10.2 Å². The van der Waals surface area contributed by atoms with Crippen LogP contribution in [0, 0.1) is 5.92 Å². The van der Waals surface area contributed by atoms with E-state index in [9.17, 15) is 9.59 Å². The highest BCUT2D eigenvalue weighted by molar-refractivity contribution is 5.89. The second-order valence-corrected chi connectivity index (χ2v) is 6.86. The summed E-state index contributed by atoms with van der Waals surface area (Å²) in [7, 11) is 0. The molecule has 140 valence electrons. The van der Waals surface area contributed by atoms with Crippen LogP contribution in [0.25, 0.3) is 0 Å². The van der Waals surface area contributed by atoms with Crippen molar-refractivity contribution >= 4 is 11.8 Å². The number of carbonyl (C=O) groups is 2. The van der Waals surface area contributed by atoms with E-state index in [1.165, 1.54) is 0 Å². The number of nitrogens with zero attached hydrogens (tertiary/aromatic N) is 1. The molecule has 0 aliphatic carbocycles. The lowest BCUT2D eigenvalue weighted by Gasteiger charge is -2.19. The first kappa shape index (κ1) is 17.4. The van der Waals surface area contributed by atoms with Gasteiger partial charge in [-0.2, -0.15) is 0 Å². The molecule has 27 heavy (non-hydrogen) atoms. The van der Waals surface area contributed by atoms with Gasteiger partial charge >= 0.3 is 0 Å². The average molecular weight is 366 g/mol. The molecule has 2 aromatic rings. The van der Waals surface area contributed by atoms with Crippen LogP contribution in [-0.4, -0.2) is 36.5 Å². The summed E-state index contributed by atoms with van der Waals surface area (Å²) in [6, 6.07) is 15.5. The van der Waals surface area contributed by atoms with Crippen molar-refractivity contribution in [2.24, 2.45) is 5.92 Å². The molecule has 1 N–H and O–H groups in total. The van der Waals surface area contributed by atoms with Crippen LogP contribution in [0.4, 0.5) is 0 Å². The number of fused-ring (bicyclic) bond motifs is 1. The summed E-state index contributed by atoms with van der Waals surface area (Å²) in [5.41, 5.74) is 2.02. The minimum atomic E-state index is -0.307. The summed E-state index contributed by atoms with van der Waals surface area (Å²) < 4.78 is 11.1. The molecule has 0 aromatic heterocycles. The Bertz CT molecular complexity index is 837. The van der Waals surface area contributed by atoms with Crippen LogP contribution in [0.3, 0.4) is 0 Å². The molecule has 6 heteroatoms. The fraction of sp³-hybridized carbons (Fsp3) is 0.333. The largest absolute Gasteiger partial charge is 0.486 e. The number of amides is 2. The molecule has 2 aromatic carbocycles. The zero-order valence-corrected chi connectivity index (χ0v) is 15.0. The summed E-state index contributed by atoms with van der Waals surface area (Å²) in [5.74, 6) is 1.07. The van der Waals surface area contributed by atoms with Gasteiger partial charge in [0.05, 0.1) is 5.92 Å². The van der Waals surface area contributed by atoms with Crippen molar-refractivity contribution in [3.05, 3.63) is 59.7 Å². The molecule has 1 saturated heterocycles. The van der Waals surface area contributed by atoms with Gasteiger partial charge in [-0.3, -0.25) is 9.59 Å². The third-order valence-corrected chi connectivity index (χ3v) is 4.87. The standard InChI is InChI=1S/C21H22N2O4/c24-20-11-17(14-23(20)13-15-4-2-1-3-5-15)21(25)22-12-16-6-7-18-19(10-16)27-9-8-26-18/h1-7,10,17H,8-9,11-14H2,(H,22,25). The lowest BCUT2D eigenvalue weighted by atomic mass is 10.1. The first-order valence-electron chi connectivity index (χ1n) is 9.17. The molecule has 2 heterocycles. The highest BCUT2D eigenvalue weighted by Gasteiger charge is 2.34. The molecule has 2 amide bonds.